The molecule has 1 unspecified atom stereocenters. The lowest BCUT2D eigenvalue weighted by molar-refractivity contribution is -0.121. The molecule has 4 aromatic rings. The van der Waals surface area contributed by atoms with Crippen LogP contribution in [0.5, 0.6) is 0 Å². The van der Waals surface area contributed by atoms with Crippen LogP contribution in [0, 0.1) is 5.92 Å². The lowest BCUT2D eigenvalue weighted by Gasteiger charge is -2.39. The van der Waals surface area contributed by atoms with Crippen LogP contribution in [0.15, 0.2) is 85.0 Å². The van der Waals surface area contributed by atoms with Gasteiger partial charge in [0.1, 0.15) is 5.02 Å². The third-order valence-electron chi connectivity index (χ3n) is 12.2. The first kappa shape index (κ1) is 38.5. The number of fused-ring (bicyclic) bond motifs is 2. The molecule has 0 bridgehead atoms. The van der Waals surface area contributed by atoms with Gasteiger partial charge in [0, 0.05) is 119 Å². The van der Waals surface area contributed by atoms with E-state index >= 15 is 0 Å². The zero-order valence-corrected chi connectivity index (χ0v) is 34.2. The highest BCUT2D eigenvalue weighted by atomic mass is 35.5. The summed E-state index contributed by atoms with van der Waals surface area (Å²) in [5.74, 6) is 2.03. The summed E-state index contributed by atoms with van der Waals surface area (Å²) < 4.78 is 2.02. The molecule has 1 amide bonds. The number of allylic oxidation sites excluding steroid dienone is 3. The number of para-hydroxylation sites is 1. The van der Waals surface area contributed by atoms with Crippen molar-refractivity contribution >= 4 is 63.3 Å². The van der Waals surface area contributed by atoms with Gasteiger partial charge in [-0.05, 0) is 73.9 Å². The first-order chi connectivity index (χ1) is 27.6. The Morgan fingerprint density at radius 3 is 2.54 bits per heavy atom. The second kappa shape index (κ2) is 16.3. The van der Waals surface area contributed by atoms with Crippen molar-refractivity contribution in [3.63, 3.8) is 0 Å². The van der Waals surface area contributed by atoms with Crippen LogP contribution in [-0.2, 0) is 11.8 Å². The first-order valence-corrected chi connectivity index (χ1v) is 20.5. The molecular weight excluding hydrogens is 734 g/mol. The molecule has 4 aliphatic heterocycles. The van der Waals surface area contributed by atoms with Crippen molar-refractivity contribution in [3.8, 4) is 0 Å². The quantitative estimate of drug-likeness (QED) is 0.145. The molecule has 13 heteroatoms. The number of aryl methyl sites for hydroxylation is 1. The van der Waals surface area contributed by atoms with Crippen molar-refractivity contribution in [2.75, 3.05) is 79.9 Å². The van der Waals surface area contributed by atoms with E-state index in [4.69, 9.17) is 21.7 Å². The van der Waals surface area contributed by atoms with Crippen LogP contribution in [0.1, 0.15) is 55.7 Å². The summed E-state index contributed by atoms with van der Waals surface area (Å²) in [7, 11) is 6.00. The van der Waals surface area contributed by atoms with E-state index in [-0.39, 0.29) is 11.8 Å². The predicted octanol–water partition coefficient (Wildman–Crippen LogP) is 7.17. The number of carbonyl (C=O) groups excluding carboxylic acids is 1. The number of nitrogens with one attached hydrogen (secondary N) is 3. The van der Waals surface area contributed by atoms with Crippen molar-refractivity contribution < 1.29 is 4.79 Å². The Kier molecular flexibility index (Phi) is 11.0. The van der Waals surface area contributed by atoms with Gasteiger partial charge in [-0.1, -0.05) is 43.5 Å². The number of carbonyl (C=O) groups is 1. The normalized spacial score (nSPS) is 19.4. The number of likely N-dealkylation sites (N-methyl/N-ethyl adjacent to an activating group) is 1. The average Bonchev–Trinajstić information content (AvgIpc) is 3.55. The molecule has 1 atom stereocenters. The third-order valence-corrected chi connectivity index (χ3v) is 12.5. The van der Waals surface area contributed by atoms with Crippen LogP contribution in [0.3, 0.4) is 0 Å². The number of piperidine rings is 2. The SMILES string of the molecule is C=C(CCC1=Cc2cc(Nc3nc(N4CCN(CC5CCN(c6cccc7c(C8CCC(=O)NC8=C)nn(C)c67)CC5)CC4)ncc3Cl)ccc2N(C)C1=C)NC. The second-order valence-electron chi connectivity index (χ2n) is 15.9. The molecule has 4 aliphatic rings. The van der Waals surface area contributed by atoms with Crippen LogP contribution in [0.2, 0.25) is 5.02 Å². The molecule has 6 heterocycles. The van der Waals surface area contributed by atoms with E-state index in [0.29, 0.717) is 29.1 Å². The van der Waals surface area contributed by atoms with Crippen LogP contribution in [0.4, 0.5) is 28.8 Å². The summed E-state index contributed by atoms with van der Waals surface area (Å²) in [5.41, 5.74) is 10.5. The highest BCUT2D eigenvalue weighted by molar-refractivity contribution is 6.32. The molecular formula is C44H54ClN11O. The highest BCUT2D eigenvalue weighted by Crippen LogP contribution is 2.39. The van der Waals surface area contributed by atoms with Crippen molar-refractivity contribution in [1.29, 1.82) is 0 Å². The van der Waals surface area contributed by atoms with Crippen LogP contribution in [-0.4, -0.2) is 90.5 Å². The summed E-state index contributed by atoms with van der Waals surface area (Å²) in [6.45, 7) is 19.4. The van der Waals surface area contributed by atoms with Gasteiger partial charge in [0.2, 0.25) is 11.9 Å². The first-order valence-electron chi connectivity index (χ1n) is 20.2. The molecule has 57 heavy (non-hydrogen) atoms. The maximum Gasteiger partial charge on any atom is 0.227 e. The fraction of sp³-hybridized carbons (Fsp3) is 0.409. The molecule has 0 aliphatic carbocycles. The van der Waals surface area contributed by atoms with Gasteiger partial charge in [-0.15, -0.1) is 0 Å². The van der Waals surface area contributed by atoms with Gasteiger partial charge in [-0.25, -0.2) is 4.98 Å². The number of aromatic nitrogens is 4. The van der Waals surface area contributed by atoms with Gasteiger partial charge in [-0.3, -0.25) is 14.4 Å². The van der Waals surface area contributed by atoms with Gasteiger partial charge >= 0.3 is 0 Å². The van der Waals surface area contributed by atoms with Crippen LogP contribution >= 0.6 is 11.6 Å². The number of anilines is 5. The lowest BCUT2D eigenvalue weighted by Crippen LogP contribution is -2.49. The molecule has 0 radical (unpaired) electrons. The summed E-state index contributed by atoms with van der Waals surface area (Å²) >= 11 is 6.66. The Balaban J connectivity index is 0.858. The zero-order valence-electron chi connectivity index (χ0n) is 33.5. The Hall–Kier alpha value is -5.33. The maximum atomic E-state index is 11.9. The van der Waals surface area contributed by atoms with Gasteiger partial charge in [0.15, 0.2) is 5.82 Å². The topological polar surface area (TPSA) is 110 Å². The fourth-order valence-electron chi connectivity index (χ4n) is 8.84. The monoisotopic (exact) mass is 787 g/mol. The van der Waals surface area contributed by atoms with E-state index in [1.807, 2.05) is 18.8 Å². The largest absolute Gasteiger partial charge is 0.392 e. The summed E-state index contributed by atoms with van der Waals surface area (Å²) in [6.07, 6.45) is 9.18. The number of rotatable bonds is 11. The van der Waals surface area contributed by atoms with Gasteiger partial charge in [0.05, 0.1) is 23.1 Å². The molecule has 3 fully saturated rings. The smallest absolute Gasteiger partial charge is 0.227 e. The predicted molar refractivity (Wildman–Crippen MR) is 233 cm³/mol. The van der Waals surface area contributed by atoms with Crippen molar-refractivity contribution in [2.24, 2.45) is 13.0 Å². The average molecular weight is 788 g/mol. The molecule has 8 rings (SSSR count). The Morgan fingerprint density at radius 2 is 1.79 bits per heavy atom. The molecule has 3 N–H and O–H groups in total. The second-order valence-corrected chi connectivity index (χ2v) is 16.3. The number of benzene rings is 2. The lowest BCUT2D eigenvalue weighted by atomic mass is 9.90. The van der Waals surface area contributed by atoms with Crippen LogP contribution < -0.4 is 30.7 Å². The number of amides is 1. The van der Waals surface area contributed by atoms with Gasteiger partial charge in [0.25, 0.3) is 0 Å². The third kappa shape index (κ3) is 7.98. The summed E-state index contributed by atoms with van der Waals surface area (Å²) in [5, 5.41) is 16.1. The van der Waals surface area contributed by atoms with E-state index < -0.39 is 0 Å². The zero-order chi connectivity index (χ0) is 39.8. The molecule has 3 saturated heterocycles. The maximum absolute atomic E-state index is 11.9. The number of hydrogen-bond acceptors (Lipinski definition) is 10. The van der Waals surface area contributed by atoms with Crippen molar-refractivity contribution in [2.45, 2.75) is 44.4 Å². The van der Waals surface area contributed by atoms with E-state index in [9.17, 15) is 4.79 Å². The minimum Gasteiger partial charge on any atom is -0.392 e. The molecule has 0 saturated carbocycles. The Labute approximate surface area is 340 Å². The van der Waals surface area contributed by atoms with E-state index in [1.165, 1.54) is 11.3 Å². The number of nitrogens with zero attached hydrogens (tertiary/aromatic N) is 8. The molecule has 0 spiro atoms. The van der Waals surface area contributed by atoms with E-state index in [1.54, 1.807) is 6.20 Å². The summed E-state index contributed by atoms with van der Waals surface area (Å²) in [6, 6.07) is 12.8. The number of piperazine rings is 1. The molecule has 2 aromatic heterocycles. The molecule has 298 valence electrons. The molecule has 2 aromatic carbocycles. The standard InChI is InChI=1S/C44H54ClN11O/c1-28(46-4)10-11-32-24-33-25-34(12-14-38(33)52(5)30(32)3)49-43-37(45)26-47-44(50-43)56-22-20-54(21-23-56)27-31-16-18-55(19-17-31)39-9-7-8-36-41(51-53(6)42(36)39)35-13-15-40(57)48-29(35)2/h7-9,12,14,24-26,31,35,46H,1-3,10-11,13,15-23,27H2,4-6H3,(H,48,57)(H,47,49,50). The highest BCUT2D eigenvalue weighted by Gasteiger charge is 2.30. The van der Waals surface area contributed by atoms with Crippen LogP contribution in [0.25, 0.3) is 17.0 Å². The van der Waals surface area contributed by atoms with E-state index in [2.05, 4.69) is 110 Å². The van der Waals surface area contributed by atoms with Gasteiger partial charge < -0.3 is 30.7 Å². The summed E-state index contributed by atoms with van der Waals surface area (Å²) in [4.78, 5) is 31.0. The fourth-order valence-corrected chi connectivity index (χ4v) is 8.97. The number of halogens is 1. The molecule has 12 nitrogen and oxygen atoms in total. The van der Waals surface area contributed by atoms with Crippen molar-refractivity contribution in [1.82, 2.24) is 35.3 Å². The Bertz CT molecular complexity index is 2250. The number of hydrogen-bond donors (Lipinski definition) is 3. The van der Waals surface area contributed by atoms with E-state index in [0.717, 1.165) is 129 Å². The Morgan fingerprint density at radius 1 is 1.00 bits per heavy atom. The van der Waals surface area contributed by atoms with Gasteiger partial charge in [-0.2, -0.15) is 10.1 Å². The minimum absolute atomic E-state index is 0.0362. The van der Waals surface area contributed by atoms with Crippen molar-refractivity contribution in [3.05, 3.63) is 101 Å². The minimum atomic E-state index is 0.0362.